The van der Waals surface area contributed by atoms with Gasteiger partial charge in [-0.3, -0.25) is 9.80 Å². The number of hydrogen-bond acceptors (Lipinski definition) is 5. The molecule has 2 aromatic rings. The van der Waals surface area contributed by atoms with E-state index in [0.717, 1.165) is 44.9 Å². The van der Waals surface area contributed by atoms with E-state index in [1.54, 1.807) is 0 Å². The Bertz CT molecular complexity index is 720. The Labute approximate surface area is 168 Å². The monoisotopic (exact) mass is 384 g/mol. The molecule has 28 heavy (non-hydrogen) atoms. The molecule has 1 unspecified atom stereocenters. The van der Waals surface area contributed by atoms with E-state index < -0.39 is 0 Å². The number of aliphatic hydroxyl groups is 2. The number of aliphatic hydroxyl groups excluding tert-OH is 2. The maximum atomic E-state index is 9.55. The smallest absolute Gasteiger partial charge is 0.119 e. The van der Waals surface area contributed by atoms with Crippen molar-refractivity contribution >= 4 is 0 Å². The molecule has 0 saturated carbocycles. The zero-order valence-electron chi connectivity index (χ0n) is 16.8. The average molecular weight is 385 g/mol. The lowest BCUT2D eigenvalue weighted by Gasteiger charge is -2.41. The van der Waals surface area contributed by atoms with Gasteiger partial charge in [0.05, 0.1) is 6.61 Å². The number of piperazine rings is 1. The Hall–Kier alpha value is -1.92. The molecule has 0 spiro atoms. The lowest BCUT2D eigenvalue weighted by Crippen LogP contribution is -2.52. The molecule has 0 aromatic heterocycles. The Balaban J connectivity index is 1.59. The van der Waals surface area contributed by atoms with E-state index in [0.29, 0.717) is 12.6 Å². The van der Waals surface area contributed by atoms with Crippen LogP contribution in [0.1, 0.15) is 23.1 Å². The van der Waals surface area contributed by atoms with Gasteiger partial charge in [0.15, 0.2) is 0 Å². The van der Waals surface area contributed by atoms with Crippen LogP contribution >= 0.6 is 0 Å². The summed E-state index contributed by atoms with van der Waals surface area (Å²) < 4.78 is 5.53. The quantitative estimate of drug-likeness (QED) is 0.696. The lowest BCUT2D eigenvalue weighted by atomic mass is 10.1. The van der Waals surface area contributed by atoms with Crippen molar-refractivity contribution in [2.45, 2.75) is 32.5 Å². The molecule has 0 aliphatic carbocycles. The highest BCUT2D eigenvalue weighted by Gasteiger charge is 2.26. The number of ether oxygens (including phenoxy) is 1. The van der Waals surface area contributed by atoms with Gasteiger partial charge in [-0.15, -0.1) is 0 Å². The van der Waals surface area contributed by atoms with Crippen LogP contribution in [0.4, 0.5) is 0 Å². The first kappa shape index (κ1) is 20.8. The molecule has 5 heteroatoms. The van der Waals surface area contributed by atoms with Crippen molar-refractivity contribution < 1.29 is 14.9 Å². The standard InChI is InChI=1S/C23H32N2O3/c1-19-5-7-20(8-6-19)17-25-11-10-24(18-22(25)9-12-26)16-21-3-2-4-23(15-21)28-14-13-27/h2-8,15,22,26-27H,9-14,16-18H2,1H3. The maximum Gasteiger partial charge on any atom is 0.119 e. The van der Waals surface area contributed by atoms with Crippen LogP contribution in [0.25, 0.3) is 0 Å². The third-order valence-corrected chi connectivity index (χ3v) is 5.32. The van der Waals surface area contributed by atoms with Crippen LogP contribution in [-0.2, 0) is 13.1 Å². The molecular weight excluding hydrogens is 352 g/mol. The van der Waals surface area contributed by atoms with Crippen molar-refractivity contribution in [2.24, 2.45) is 0 Å². The van der Waals surface area contributed by atoms with Gasteiger partial charge in [0, 0.05) is 45.4 Å². The Morgan fingerprint density at radius 3 is 2.54 bits per heavy atom. The van der Waals surface area contributed by atoms with Crippen molar-refractivity contribution in [3.05, 3.63) is 65.2 Å². The zero-order valence-corrected chi connectivity index (χ0v) is 16.8. The number of hydrogen-bond donors (Lipinski definition) is 2. The fourth-order valence-electron chi connectivity index (χ4n) is 3.82. The molecule has 0 amide bonds. The molecule has 152 valence electrons. The van der Waals surface area contributed by atoms with Gasteiger partial charge >= 0.3 is 0 Å². The number of benzene rings is 2. The van der Waals surface area contributed by atoms with E-state index in [1.165, 1.54) is 16.7 Å². The average Bonchev–Trinajstić information content (AvgIpc) is 2.70. The predicted molar refractivity (Wildman–Crippen MR) is 111 cm³/mol. The van der Waals surface area contributed by atoms with Gasteiger partial charge < -0.3 is 14.9 Å². The van der Waals surface area contributed by atoms with E-state index in [2.05, 4.69) is 53.1 Å². The summed E-state index contributed by atoms with van der Waals surface area (Å²) >= 11 is 0. The molecule has 1 fully saturated rings. The minimum atomic E-state index is 0.0238. The fourth-order valence-corrected chi connectivity index (χ4v) is 3.82. The minimum Gasteiger partial charge on any atom is -0.491 e. The summed E-state index contributed by atoms with van der Waals surface area (Å²) in [5.41, 5.74) is 3.83. The Morgan fingerprint density at radius 1 is 0.964 bits per heavy atom. The highest BCUT2D eigenvalue weighted by Crippen LogP contribution is 2.20. The lowest BCUT2D eigenvalue weighted by molar-refractivity contribution is 0.0499. The summed E-state index contributed by atoms with van der Waals surface area (Å²) in [5.74, 6) is 0.802. The molecule has 1 aliphatic heterocycles. The maximum absolute atomic E-state index is 9.55. The van der Waals surface area contributed by atoms with E-state index in [4.69, 9.17) is 9.84 Å². The highest BCUT2D eigenvalue weighted by atomic mass is 16.5. The second kappa shape index (κ2) is 10.6. The van der Waals surface area contributed by atoms with Crippen LogP contribution in [-0.4, -0.2) is 65.5 Å². The van der Waals surface area contributed by atoms with Crippen LogP contribution in [0.3, 0.4) is 0 Å². The van der Waals surface area contributed by atoms with Gasteiger partial charge in [-0.25, -0.2) is 0 Å². The van der Waals surface area contributed by atoms with Crippen molar-refractivity contribution in [3.63, 3.8) is 0 Å². The third-order valence-electron chi connectivity index (χ3n) is 5.32. The molecular formula is C23H32N2O3. The van der Waals surface area contributed by atoms with Crippen LogP contribution < -0.4 is 4.74 Å². The topological polar surface area (TPSA) is 56.2 Å². The second-order valence-corrected chi connectivity index (χ2v) is 7.58. The molecule has 1 atom stereocenters. The van der Waals surface area contributed by atoms with Gasteiger partial charge in [-0.1, -0.05) is 42.0 Å². The highest BCUT2D eigenvalue weighted by molar-refractivity contribution is 5.28. The molecule has 3 rings (SSSR count). The van der Waals surface area contributed by atoms with Gasteiger partial charge in [0.25, 0.3) is 0 Å². The van der Waals surface area contributed by atoms with E-state index in [1.807, 2.05) is 12.1 Å². The molecule has 1 heterocycles. The van der Waals surface area contributed by atoms with Crippen molar-refractivity contribution in [1.29, 1.82) is 0 Å². The first-order valence-electron chi connectivity index (χ1n) is 10.1. The summed E-state index contributed by atoms with van der Waals surface area (Å²) in [6.45, 7) is 7.44. The number of nitrogens with zero attached hydrogens (tertiary/aromatic N) is 2. The van der Waals surface area contributed by atoms with Gasteiger partial charge in [0.1, 0.15) is 12.4 Å². The van der Waals surface area contributed by atoms with E-state index >= 15 is 0 Å². The minimum absolute atomic E-state index is 0.0238. The largest absolute Gasteiger partial charge is 0.491 e. The number of aryl methyl sites for hydroxylation is 1. The first-order valence-corrected chi connectivity index (χ1v) is 10.1. The Morgan fingerprint density at radius 2 is 1.79 bits per heavy atom. The van der Waals surface area contributed by atoms with Gasteiger partial charge in [-0.2, -0.15) is 0 Å². The van der Waals surface area contributed by atoms with Crippen LogP contribution in [0, 0.1) is 6.92 Å². The summed E-state index contributed by atoms with van der Waals surface area (Å²) in [4.78, 5) is 4.95. The Kier molecular flexibility index (Phi) is 7.86. The van der Waals surface area contributed by atoms with Crippen molar-refractivity contribution in [2.75, 3.05) is 39.5 Å². The second-order valence-electron chi connectivity index (χ2n) is 7.58. The molecule has 2 aromatic carbocycles. The summed E-state index contributed by atoms with van der Waals surface area (Å²) in [5, 5.41) is 18.5. The summed E-state index contributed by atoms with van der Waals surface area (Å²) in [7, 11) is 0. The summed E-state index contributed by atoms with van der Waals surface area (Å²) in [6.07, 6.45) is 0.794. The first-order chi connectivity index (χ1) is 13.7. The van der Waals surface area contributed by atoms with Crippen LogP contribution in [0.5, 0.6) is 5.75 Å². The van der Waals surface area contributed by atoms with Gasteiger partial charge in [0.2, 0.25) is 0 Å². The predicted octanol–water partition coefficient (Wildman–Crippen LogP) is 2.43. The van der Waals surface area contributed by atoms with Crippen LogP contribution in [0.15, 0.2) is 48.5 Å². The molecule has 5 nitrogen and oxygen atoms in total. The molecule has 0 bridgehead atoms. The molecule has 2 N–H and O–H groups in total. The normalized spacial score (nSPS) is 18.3. The third kappa shape index (κ3) is 6.04. The molecule has 1 saturated heterocycles. The SMILES string of the molecule is Cc1ccc(CN2CCN(Cc3cccc(OCCO)c3)CC2CCO)cc1. The van der Waals surface area contributed by atoms with E-state index in [9.17, 15) is 5.11 Å². The summed E-state index contributed by atoms with van der Waals surface area (Å²) in [6, 6.07) is 17.2. The van der Waals surface area contributed by atoms with Crippen LogP contribution in [0.2, 0.25) is 0 Å². The van der Waals surface area contributed by atoms with Crippen molar-refractivity contribution in [1.82, 2.24) is 9.80 Å². The molecule has 0 radical (unpaired) electrons. The number of rotatable bonds is 9. The van der Waals surface area contributed by atoms with Gasteiger partial charge in [-0.05, 0) is 36.6 Å². The van der Waals surface area contributed by atoms with E-state index in [-0.39, 0.29) is 13.2 Å². The zero-order chi connectivity index (χ0) is 19.8. The fraction of sp³-hybridized carbons (Fsp3) is 0.478. The molecule has 1 aliphatic rings. The van der Waals surface area contributed by atoms with Crippen molar-refractivity contribution in [3.8, 4) is 5.75 Å².